The van der Waals surface area contributed by atoms with Gasteiger partial charge in [0.25, 0.3) is 0 Å². The third-order valence-corrected chi connectivity index (χ3v) is 5.51. The van der Waals surface area contributed by atoms with Gasteiger partial charge in [-0.25, -0.2) is 4.39 Å². The van der Waals surface area contributed by atoms with E-state index in [-0.39, 0.29) is 11.9 Å². The summed E-state index contributed by atoms with van der Waals surface area (Å²) >= 11 is 18.2. The first-order valence-electron chi connectivity index (χ1n) is 8.35. The van der Waals surface area contributed by atoms with Gasteiger partial charge in [-0.2, -0.15) is 5.10 Å². The fourth-order valence-electron chi connectivity index (χ4n) is 3.18. The van der Waals surface area contributed by atoms with Gasteiger partial charge < -0.3 is 0 Å². The maximum absolute atomic E-state index is 14.5. The Labute approximate surface area is 171 Å². The zero-order chi connectivity index (χ0) is 19.0. The smallest absolute Gasteiger partial charge is 0.128 e. The van der Waals surface area contributed by atoms with Crippen LogP contribution in [0.2, 0.25) is 15.1 Å². The summed E-state index contributed by atoms with van der Waals surface area (Å²) in [4.78, 5) is 0. The molecule has 0 spiro atoms. The van der Waals surface area contributed by atoms with Gasteiger partial charge in [-0.3, -0.25) is 5.01 Å². The zero-order valence-corrected chi connectivity index (χ0v) is 16.3. The molecule has 0 N–H and O–H groups in total. The molecule has 2 nitrogen and oxygen atoms in total. The van der Waals surface area contributed by atoms with Gasteiger partial charge in [-0.05, 0) is 42.0 Å². The number of anilines is 1. The van der Waals surface area contributed by atoms with Crippen molar-refractivity contribution in [1.29, 1.82) is 0 Å². The van der Waals surface area contributed by atoms with Crippen LogP contribution in [0.25, 0.3) is 0 Å². The van der Waals surface area contributed by atoms with Gasteiger partial charge in [0.1, 0.15) is 5.82 Å². The quantitative estimate of drug-likeness (QED) is 0.440. The number of halogens is 4. The van der Waals surface area contributed by atoms with Gasteiger partial charge in [0.15, 0.2) is 0 Å². The van der Waals surface area contributed by atoms with Crippen LogP contribution in [0, 0.1) is 5.82 Å². The number of rotatable bonds is 3. The van der Waals surface area contributed by atoms with Crippen molar-refractivity contribution >= 4 is 46.2 Å². The van der Waals surface area contributed by atoms with E-state index in [1.54, 1.807) is 29.3 Å². The predicted octanol–water partition coefficient (Wildman–Crippen LogP) is 7.14. The summed E-state index contributed by atoms with van der Waals surface area (Å²) < 4.78 is 14.5. The lowest BCUT2D eigenvalue weighted by molar-refractivity contribution is 0.579. The van der Waals surface area contributed by atoms with Crippen molar-refractivity contribution in [3.63, 3.8) is 0 Å². The van der Waals surface area contributed by atoms with Gasteiger partial charge in [0, 0.05) is 17.0 Å². The number of hydrogen-bond acceptors (Lipinski definition) is 2. The highest BCUT2D eigenvalue weighted by atomic mass is 35.5. The number of benzene rings is 3. The minimum Gasteiger partial charge on any atom is -0.257 e. The summed E-state index contributed by atoms with van der Waals surface area (Å²) in [5.74, 6) is -0.264. The first-order chi connectivity index (χ1) is 13.0. The van der Waals surface area contributed by atoms with Crippen molar-refractivity contribution in [2.45, 2.75) is 12.5 Å². The third kappa shape index (κ3) is 3.68. The highest BCUT2D eigenvalue weighted by Gasteiger charge is 2.31. The Morgan fingerprint density at radius 3 is 2.33 bits per heavy atom. The second kappa shape index (κ2) is 7.51. The van der Waals surface area contributed by atoms with E-state index in [0.29, 0.717) is 27.1 Å². The molecule has 136 valence electrons. The minimum absolute atomic E-state index is 0.264. The average molecular weight is 420 g/mol. The van der Waals surface area contributed by atoms with Crippen LogP contribution in [0.4, 0.5) is 10.1 Å². The molecule has 1 aliphatic heterocycles. The number of hydrogen-bond donors (Lipinski definition) is 0. The lowest BCUT2D eigenvalue weighted by Crippen LogP contribution is -2.19. The largest absolute Gasteiger partial charge is 0.257 e. The molecule has 27 heavy (non-hydrogen) atoms. The van der Waals surface area contributed by atoms with E-state index in [1.165, 1.54) is 6.07 Å². The first kappa shape index (κ1) is 18.3. The van der Waals surface area contributed by atoms with Gasteiger partial charge >= 0.3 is 0 Å². The standard InChI is InChI=1S/C21H14Cl3FN2/c22-14-7-5-13(6-8-14)20-12-21(16-3-1-2-4-19(16)25)27(26-20)15-9-10-17(23)18(24)11-15/h1-11,21H,12H2/t21-/m0/s1. The maximum Gasteiger partial charge on any atom is 0.128 e. The molecule has 0 aliphatic carbocycles. The summed E-state index contributed by atoms with van der Waals surface area (Å²) in [6.45, 7) is 0. The molecule has 0 radical (unpaired) electrons. The Morgan fingerprint density at radius 1 is 0.889 bits per heavy atom. The van der Waals surface area contributed by atoms with Crippen LogP contribution in [0.5, 0.6) is 0 Å². The molecule has 1 heterocycles. The summed E-state index contributed by atoms with van der Waals surface area (Å²) in [5.41, 5.74) is 3.13. The first-order valence-corrected chi connectivity index (χ1v) is 9.48. The summed E-state index contributed by atoms with van der Waals surface area (Å²) in [6, 6.07) is 19.2. The van der Waals surface area contributed by atoms with Crippen LogP contribution < -0.4 is 5.01 Å². The zero-order valence-electron chi connectivity index (χ0n) is 14.0. The second-order valence-corrected chi connectivity index (χ2v) is 7.49. The molecule has 0 saturated heterocycles. The molecule has 0 unspecified atom stereocenters. The van der Waals surface area contributed by atoms with Crippen molar-refractivity contribution in [2.24, 2.45) is 5.10 Å². The molecule has 3 aromatic carbocycles. The molecule has 0 bridgehead atoms. The van der Waals surface area contributed by atoms with Crippen LogP contribution in [0.1, 0.15) is 23.6 Å². The normalized spacial score (nSPS) is 16.5. The van der Waals surface area contributed by atoms with Gasteiger partial charge in [-0.15, -0.1) is 0 Å². The molecular formula is C21H14Cl3FN2. The Morgan fingerprint density at radius 2 is 1.63 bits per heavy atom. The minimum atomic E-state index is -0.283. The van der Waals surface area contributed by atoms with Gasteiger partial charge in [0.2, 0.25) is 0 Å². The average Bonchev–Trinajstić information content (AvgIpc) is 3.10. The second-order valence-electron chi connectivity index (χ2n) is 6.24. The van der Waals surface area contributed by atoms with Gasteiger partial charge in [-0.1, -0.05) is 65.1 Å². The fraction of sp³-hybridized carbons (Fsp3) is 0.0952. The van der Waals surface area contributed by atoms with Crippen LogP contribution in [-0.2, 0) is 0 Å². The highest BCUT2D eigenvalue weighted by Crippen LogP contribution is 2.39. The molecule has 4 rings (SSSR count). The third-order valence-electron chi connectivity index (χ3n) is 4.52. The Hall–Kier alpha value is -2.07. The van der Waals surface area contributed by atoms with Crippen LogP contribution in [-0.4, -0.2) is 5.71 Å². The van der Waals surface area contributed by atoms with Crippen molar-refractivity contribution in [2.75, 3.05) is 5.01 Å². The SMILES string of the molecule is Fc1ccccc1[C@@H]1CC(c2ccc(Cl)cc2)=NN1c1ccc(Cl)c(Cl)c1. The monoisotopic (exact) mass is 418 g/mol. The molecular weight excluding hydrogens is 406 g/mol. The number of hydrazone groups is 1. The number of nitrogens with zero attached hydrogens (tertiary/aromatic N) is 2. The van der Waals surface area contributed by atoms with Crippen molar-refractivity contribution in [3.8, 4) is 0 Å². The van der Waals surface area contributed by atoms with Gasteiger partial charge in [0.05, 0.1) is 27.5 Å². The molecule has 6 heteroatoms. The fourth-order valence-corrected chi connectivity index (χ4v) is 3.60. The van der Waals surface area contributed by atoms with Crippen LogP contribution in [0.3, 0.4) is 0 Å². The van der Waals surface area contributed by atoms with Crippen molar-refractivity contribution in [1.82, 2.24) is 0 Å². The molecule has 0 aromatic heterocycles. The lowest BCUT2D eigenvalue weighted by Gasteiger charge is -2.24. The molecule has 1 aliphatic rings. The summed E-state index contributed by atoms with van der Waals surface area (Å²) in [5, 5.41) is 8.11. The Bertz CT molecular complexity index is 1020. The Kier molecular flexibility index (Phi) is 5.09. The van der Waals surface area contributed by atoms with E-state index in [9.17, 15) is 4.39 Å². The van der Waals surface area contributed by atoms with Crippen LogP contribution in [0.15, 0.2) is 71.8 Å². The van der Waals surface area contributed by atoms with Crippen LogP contribution >= 0.6 is 34.8 Å². The molecule has 0 saturated carbocycles. The van der Waals surface area contributed by atoms with E-state index in [0.717, 1.165) is 17.0 Å². The highest BCUT2D eigenvalue weighted by molar-refractivity contribution is 6.42. The van der Waals surface area contributed by atoms with E-state index in [1.807, 2.05) is 36.4 Å². The molecule has 0 amide bonds. The van der Waals surface area contributed by atoms with E-state index in [4.69, 9.17) is 39.9 Å². The van der Waals surface area contributed by atoms with E-state index in [2.05, 4.69) is 0 Å². The molecule has 3 aromatic rings. The summed E-state index contributed by atoms with van der Waals surface area (Å²) in [7, 11) is 0. The van der Waals surface area contributed by atoms with E-state index < -0.39 is 0 Å². The summed E-state index contributed by atoms with van der Waals surface area (Å²) in [6.07, 6.45) is 0.558. The van der Waals surface area contributed by atoms with E-state index >= 15 is 0 Å². The molecule has 1 atom stereocenters. The predicted molar refractivity (Wildman–Crippen MR) is 111 cm³/mol. The van der Waals surface area contributed by atoms with Crippen molar-refractivity contribution < 1.29 is 4.39 Å². The topological polar surface area (TPSA) is 15.6 Å². The van der Waals surface area contributed by atoms with Crippen molar-refractivity contribution in [3.05, 3.63) is 98.7 Å². The molecule has 0 fully saturated rings. The lowest BCUT2D eigenvalue weighted by atomic mass is 9.98. The Balaban J connectivity index is 1.79. The maximum atomic E-state index is 14.5.